The third-order valence-electron chi connectivity index (χ3n) is 3.36. The van der Waals surface area contributed by atoms with Gasteiger partial charge in [-0.05, 0) is 12.0 Å². The van der Waals surface area contributed by atoms with Crippen molar-refractivity contribution in [2.24, 2.45) is 0 Å². The molecule has 0 aliphatic carbocycles. The first-order valence-electron chi connectivity index (χ1n) is 7.65. The Bertz CT molecular complexity index is 362. The number of aliphatic carboxylic acids is 1. The SMILES string of the molecule is CCCCCCCCCO[C@H](C(=O)O)c1ccccc1. The second kappa shape index (κ2) is 10.4. The lowest BCUT2D eigenvalue weighted by Crippen LogP contribution is -2.16. The van der Waals surface area contributed by atoms with Crippen molar-refractivity contribution >= 4 is 5.97 Å². The van der Waals surface area contributed by atoms with Gasteiger partial charge < -0.3 is 9.84 Å². The van der Waals surface area contributed by atoms with Crippen LogP contribution >= 0.6 is 0 Å². The minimum atomic E-state index is -0.917. The summed E-state index contributed by atoms with van der Waals surface area (Å²) in [5, 5.41) is 9.20. The highest BCUT2D eigenvalue weighted by Gasteiger charge is 2.19. The molecule has 0 unspecified atom stereocenters. The predicted octanol–water partition coefficient (Wildman–Crippen LogP) is 4.58. The normalized spacial score (nSPS) is 12.2. The van der Waals surface area contributed by atoms with Crippen molar-refractivity contribution in [1.29, 1.82) is 0 Å². The quantitative estimate of drug-likeness (QED) is 0.603. The van der Waals surface area contributed by atoms with Gasteiger partial charge in [0.1, 0.15) is 0 Å². The van der Waals surface area contributed by atoms with E-state index in [1.54, 1.807) is 12.1 Å². The third-order valence-corrected chi connectivity index (χ3v) is 3.36. The molecule has 0 aliphatic rings. The maximum absolute atomic E-state index is 11.2. The van der Waals surface area contributed by atoms with Gasteiger partial charge in [-0.2, -0.15) is 0 Å². The van der Waals surface area contributed by atoms with E-state index in [0.29, 0.717) is 12.2 Å². The number of hydrogen-bond acceptors (Lipinski definition) is 2. The van der Waals surface area contributed by atoms with Crippen molar-refractivity contribution in [3.63, 3.8) is 0 Å². The topological polar surface area (TPSA) is 46.5 Å². The standard InChI is InChI=1S/C17H26O3/c1-2-3-4-5-6-7-11-14-20-16(17(18)19)15-12-9-8-10-13-15/h8-10,12-13,16H,2-7,11,14H2,1H3,(H,18,19)/t16-/m0/s1. The Labute approximate surface area is 122 Å². The van der Waals surface area contributed by atoms with Crippen LogP contribution in [0, 0.1) is 0 Å². The summed E-state index contributed by atoms with van der Waals surface area (Å²) >= 11 is 0. The number of carboxylic acid groups (broad SMARTS) is 1. The molecular weight excluding hydrogens is 252 g/mol. The highest BCUT2D eigenvalue weighted by atomic mass is 16.5. The van der Waals surface area contributed by atoms with Gasteiger partial charge in [0, 0.05) is 6.61 Å². The summed E-state index contributed by atoms with van der Waals surface area (Å²) in [6, 6.07) is 9.14. The van der Waals surface area contributed by atoms with Crippen LogP contribution in [-0.2, 0) is 9.53 Å². The smallest absolute Gasteiger partial charge is 0.337 e. The summed E-state index contributed by atoms with van der Waals surface area (Å²) in [5.41, 5.74) is 0.711. The van der Waals surface area contributed by atoms with Gasteiger partial charge in [0.2, 0.25) is 0 Å². The van der Waals surface area contributed by atoms with Crippen molar-refractivity contribution in [2.75, 3.05) is 6.61 Å². The molecule has 0 aliphatic heterocycles. The number of ether oxygens (including phenoxy) is 1. The fraction of sp³-hybridized carbons (Fsp3) is 0.588. The summed E-state index contributed by atoms with van der Waals surface area (Å²) < 4.78 is 5.52. The Morgan fingerprint density at radius 1 is 1.05 bits per heavy atom. The summed E-state index contributed by atoms with van der Waals surface area (Å²) in [4.78, 5) is 11.2. The van der Waals surface area contributed by atoms with Gasteiger partial charge in [-0.15, -0.1) is 0 Å². The Balaban J connectivity index is 2.19. The van der Waals surface area contributed by atoms with Crippen LogP contribution in [0.1, 0.15) is 63.5 Å². The van der Waals surface area contributed by atoms with E-state index in [0.717, 1.165) is 12.8 Å². The Morgan fingerprint density at radius 2 is 1.65 bits per heavy atom. The van der Waals surface area contributed by atoms with Crippen molar-refractivity contribution in [3.8, 4) is 0 Å². The minimum absolute atomic E-state index is 0.514. The van der Waals surface area contributed by atoms with Crippen molar-refractivity contribution in [1.82, 2.24) is 0 Å². The molecule has 0 aromatic heterocycles. The van der Waals surface area contributed by atoms with Gasteiger partial charge >= 0.3 is 5.97 Å². The average Bonchev–Trinajstić information content (AvgIpc) is 2.46. The largest absolute Gasteiger partial charge is 0.479 e. The third kappa shape index (κ3) is 6.71. The number of hydrogen-bond donors (Lipinski definition) is 1. The van der Waals surface area contributed by atoms with Crippen LogP contribution in [0.3, 0.4) is 0 Å². The maximum Gasteiger partial charge on any atom is 0.337 e. The molecule has 0 saturated carbocycles. The molecule has 0 fully saturated rings. The molecule has 20 heavy (non-hydrogen) atoms. The van der Waals surface area contributed by atoms with Crippen LogP contribution in [0.5, 0.6) is 0 Å². The molecule has 1 rings (SSSR count). The van der Waals surface area contributed by atoms with Crippen molar-refractivity contribution in [3.05, 3.63) is 35.9 Å². The fourth-order valence-corrected chi connectivity index (χ4v) is 2.20. The van der Waals surface area contributed by atoms with Crippen LogP contribution in [0.4, 0.5) is 0 Å². The van der Waals surface area contributed by atoms with E-state index in [9.17, 15) is 9.90 Å². The summed E-state index contributed by atoms with van der Waals surface area (Å²) in [6.07, 6.45) is 7.58. The van der Waals surface area contributed by atoms with E-state index in [4.69, 9.17) is 4.74 Å². The number of unbranched alkanes of at least 4 members (excludes halogenated alkanes) is 6. The number of rotatable bonds is 11. The lowest BCUT2D eigenvalue weighted by Gasteiger charge is -2.13. The highest BCUT2D eigenvalue weighted by molar-refractivity contribution is 5.74. The van der Waals surface area contributed by atoms with Crippen LogP contribution < -0.4 is 0 Å². The van der Waals surface area contributed by atoms with Crippen LogP contribution in [0.15, 0.2) is 30.3 Å². The lowest BCUT2D eigenvalue weighted by atomic mass is 10.1. The second-order valence-corrected chi connectivity index (χ2v) is 5.12. The zero-order chi connectivity index (χ0) is 14.6. The molecule has 1 N–H and O–H groups in total. The van der Waals surface area contributed by atoms with Crippen LogP contribution in [0.25, 0.3) is 0 Å². The molecule has 1 aromatic carbocycles. The summed E-state index contributed by atoms with van der Waals surface area (Å²) in [7, 11) is 0. The van der Waals surface area contributed by atoms with Gasteiger partial charge in [0.05, 0.1) is 0 Å². The Kier molecular flexibility index (Phi) is 8.72. The van der Waals surface area contributed by atoms with Gasteiger partial charge in [0.15, 0.2) is 6.10 Å². The first kappa shape index (κ1) is 16.7. The highest BCUT2D eigenvalue weighted by Crippen LogP contribution is 2.18. The molecule has 0 bridgehead atoms. The first-order valence-corrected chi connectivity index (χ1v) is 7.65. The van der Waals surface area contributed by atoms with Gasteiger partial charge in [-0.1, -0.05) is 75.8 Å². The van der Waals surface area contributed by atoms with Crippen LogP contribution in [-0.4, -0.2) is 17.7 Å². The van der Waals surface area contributed by atoms with E-state index >= 15 is 0 Å². The van der Waals surface area contributed by atoms with Crippen molar-refractivity contribution < 1.29 is 14.6 Å². The summed E-state index contributed by atoms with van der Waals surface area (Å²) in [5.74, 6) is -0.917. The molecule has 112 valence electrons. The molecule has 0 saturated heterocycles. The van der Waals surface area contributed by atoms with E-state index in [1.165, 1.54) is 32.1 Å². The van der Waals surface area contributed by atoms with Gasteiger partial charge in [-0.25, -0.2) is 4.79 Å². The van der Waals surface area contributed by atoms with E-state index in [1.807, 2.05) is 18.2 Å². The molecule has 3 heteroatoms. The number of benzene rings is 1. The first-order chi connectivity index (χ1) is 9.75. The second-order valence-electron chi connectivity index (χ2n) is 5.12. The van der Waals surface area contributed by atoms with Gasteiger partial charge in [-0.3, -0.25) is 0 Å². The fourth-order valence-electron chi connectivity index (χ4n) is 2.20. The molecule has 1 aromatic rings. The monoisotopic (exact) mass is 278 g/mol. The molecule has 1 atom stereocenters. The molecule has 0 amide bonds. The lowest BCUT2D eigenvalue weighted by molar-refractivity contribution is -0.151. The zero-order valence-corrected chi connectivity index (χ0v) is 12.4. The maximum atomic E-state index is 11.2. The summed E-state index contributed by atoms with van der Waals surface area (Å²) in [6.45, 7) is 2.73. The zero-order valence-electron chi connectivity index (χ0n) is 12.4. The van der Waals surface area contributed by atoms with E-state index in [-0.39, 0.29) is 0 Å². The van der Waals surface area contributed by atoms with Crippen LogP contribution in [0.2, 0.25) is 0 Å². The van der Waals surface area contributed by atoms with Gasteiger partial charge in [0.25, 0.3) is 0 Å². The number of carbonyl (C=O) groups is 1. The Hall–Kier alpha value is -1.35. The van der Waals surface area contributed by atoms with Crippen molar-refractivity contribution in [2.45, 2.75) is 58.0 Å². The molecule has 0 radical (unpaired) electrons. The molecule has 0 heterocycles. The number of carboxylic acids is 1. The average molecular weight is 278 g/mol. The minimum Gasteiger partial charge on any atom is -0.479 e. The van der Waals surface area contributed by atoms with E-state index in [2.05, 4.69) is 6.92 Å². The predicted molar refractivity (Wildman–Crippen MR) is 80.8 cm³/mol. The molecule has 0 spiro atoms. The molecule has 3 nitrogen and oxygen atoms in total. The van der Waals surface area contributed by atoms with E-state index < -0.39 is 12.1 Å². The Morgan fingerprint density at radius 3 is 2.25 bits per heavy atom. The molecular formula is C17H26O3.